The molecule has 0 bridgehead atoms. The minimum absolute atomic E-state index is 0.621. The van der Waals surface area contributed by atoms with Crippen molar-refractivity contribution in [1.29, 1.82) is 0 Å². The molecule has 0 fully saturated rings. The number of hydrogen-bond acceptors (Lipinski definition) is 7. The van der Waals surface area contributed by atoms with Crippen LogP contribution in [-0.4, -0.2) is 67.8 Å². The molecule has 0 saturated heterocycles. The summed E-state index contributed by atoms with van der Waals surface area (Å²) in [6.07, 6.45) is -5.16. The van der Waals surface area contributed by atoms with Gasteiger partial charge in [-0.15, -0.1) is 0 Å². The van der Waals surface area contributed by atoms with Gasteiger partial charge in [-0.1, -0.05) is 0 Å². The van der Waals surface area contributed by atoms with Gasteiger partial charge in [-0.2, -0.15) is 0 Å². The van der Waals surface area contributed by atoms with E-state index in [2.05, 4.69) is 4.52 Å². The Labute approximate surface area is 91.3 Å². The molecular weight excluding hydrogens is 245 g/mol. The number of hydrogen-bond donors (Lipinski definition) is 7. The van der Waals surface area contributed by atoms with Crippen LogP contribution < -0.4 is 5.73 Å². The molecule has 0 aromatic rings. The molecule has 10 heteroatoms. The molecule has 16 heavy (non-hydrogen) atoms. The minimum atomic E-state index is -4.75. The van der Waals surface area contributed by atoms with E-state index in [9.17, 15) is 19.9 Å². The maximum Gasteiger partial charge on any atom is 0.469 e. The lowest BCUT2D eigenvalue weighted by Gasteiger charge is -2.26. The highest BCUT2D eigenvalue weighted by atomic mass is 31.2. The summed E-state index contributed by atoms with van der Waals surface area (Å²) < 4.78 is 14.2. The quantitative estimate of drug-likeness (QED) is 0.229. The van der Waals surface area contributed by atoms with E-state index in [1.165, 1.54) is 0 Å². The van der Waals surface area contributed by atoms with Crippen molar-refractivity contribution >= 4 is 7.82 Å². The first-order chi connectivity index (χ1) is 7.19. The Morgan fingerprint density at radius 2 is 1.69 bits per heavy atom. The van der Waals surface area contributed by atoms with Gasteiger partial charge in [-0.05, 0) is 0 Å². The van der Waals surface area contributed by atoms with Crippen LogP contribution in [0.5, 0.6) is 0 Å². The molecule has 8 N–H and O–H groups in total. The molecule has 9 nitrogen and oxygen atoms in total. The van der Waals surface area contributed by atoms with E-state index < -0.39 is 45.4 Å². The van der Waals surface area contributed by atoms with Crippen LogP contribution in [0.25, 0.3) is 0 Å². The molecule has 0 spiro atoms. The Morgan fingerprint density at radius 3 is 2.06 bits per heavy atom. The van der Waals surface area contributed by atoms with Gasteiger partial charge >= 0.3 is 7.82 Å². The summed E-state index contributed by atoms with van der Waals surface area (Å²) in [5.74, 6) is 0. The fourth-order valence-corrected chi connectivity index (χ4v) is 1.21. The molecule has 0 radical (unpaired) electrons. The largest absolute Gasteiger partial charge is 0.469 e. The second kappa shape index (κ2) is 6.60. The highest BCUT2D eigenvalue weighted by molar-refractivity contribution is 7.46. The molecule has 98 valence electrons. The number of nitrogens with two attached hydrogens (primary N) is 1. The van der Waals surface area contributed by atoms with Crippen molar-refractivity contribution in [2.45, 2.75) is 24.4 Å². The standard InChI is InChI=1S/C6H16NO8P/c7-3(1-8)5(10)6(11)4(9)2-15-16(12,13)14/h3-6,8-11H,1-2,7H2,(H2,12,13,14)/t3?,4-,5-,6-/m1/s1. The van der Waals surface area contributed by atoms with Crippen LogP contribution >= 0.6 is 7.82 Å². The number of rotatable bonds is 7. The Bertz CT molecular complexity index is 245. The topological polar surface area (TPSA) is 174 Å². The maximum absolute atomic E-state index is 10.3. The summed E-state index contributed by atoms with van der Waals surface area (Å²) in [6.45, 7) is -1.50. The summed E-state index contributed by atoms with van der Waals surface area (Å²) >= 11 is 0. The van der Waals surface area contributed by atoms with Gasteiger partial charge in [0.05, 0.1) is 25.4 Å². The van der Waals surface area contributed by atoms with Crippen molar-refractivity contribution in [3.8, 4) is 0 Å². The number of aliphatic hydroxyl groups is 4. The van der Waals surface area contributed by atoms with Crippen LogP contribution in [0.15, 0.2) is 0 Å². The van der Waals surface area contributed by atoms with Gasteiger partial charge in [-0.25, -0.2) is 4.57 Å². The summed E-state index contributed by atoms with van der Waals surface area (Å²) in [7, 11) is -4.75. The lowest BCUT2D eigenvalue weighted by atomic mass is 10.0. The average molecular weight is 261 g/mol. The second-order valence-electron chi connectivity index (χ2n) is 3.18. The van der Waals surface area contributed by atoms with Gasteiger partial charge in [0.25, 0.3) is 0 Å². The van der Waals surface area contributed by atoms with E-state index in [0.29, 0.717) is 0 Å². The maximum atomic E-state index is 10.3. The van der Waals surface area contributed by atoms with E-state index in [1.54, 1.807) is 0 Å². The Kier molecular flexibility index (Phi) is 6.56. The predicted molar refractivity (Wildman–Crippen MR) is 51.1 cm³/mol. The van der Waals surface area contributed by atoms with Gasteiger partial charge in [-0.3, -0.25) is 4.52 Å². The second-order valence-corrected chi connectivity index (χ2v) is 4.42. The lowest BCUT2D eigenvalue weighted by Crippen LogP contribution is -2.50. The number of aliphatic hydroxyl groups excluding tert-OH is 4. The Hall–Kier alpha value is -0.0900. The van der Waals surface area contributed by atoms with Crippen LogP contribution in [0.4, 0.5) is 0 Å². The molecular formula is C6H16NO8P. The Morgan fingerprint density at radius 1 is 1.19 bits per heavy atom. The van der Waals surface area contributed by atoms with Gasteiger partial charge in [0, 0.05) is 0 Å². The zero-order valence-electron chi connectivity index (χ0n) is 8.25. The van der Waals surface area contributed by atoms with Crippen molar-refractivity contribution < 1.29 is 39.3 Å². The van der Waals surface area contributed by atoms with E-state index in [-0.39, 0.29) is 0 Å². The molecule has 0 aliphatic heterocycles. The molecule has 0 amide bonds. The van der Waals surface area contributed by atoms with Crippen LogP contribution in [0, 0.1) is 0 Å². The molecule has 4 atom stereocenters. The normalized spacial score (nSPS) is 20.2. The average Bonchev–Trinajstić information content (AvgIpc) is 2.21. The third kappa shape index (κ3) is 5.85. The fourth-order valence-electron chi connectivity index (χ4n) is 0.861. The molecule has 0 aliphatic carbocycles. The van der Waals surface area contributed by atoms with E-state index in [1.807, 2.05) is 0 Å². The molecule has 0 heterocycles. The van der Waals surface area contributed by atoms with Crippen molar-refractivity contribution in [2.24, 2.45) is 5.73 Å². The van der Waals surface area contributed by atoms with Crippen molar-refractivity contribution in [2.75, 3.05) is 13.2 Å². The van der Waals surface area contributed by atoms with Crippen LogP contribution in [0.3, 0.4) is 0 Å². The van der Waals surface area contributed by atoms with E-state index >= 15 is 0 Å². The third-order valence-electron chi connectivity index (χ3n) is 1.81. The van der Waals surface area contributed by atoms with E-state index in [4.69, 9.17) is 20.6 Å². The third-order valence-corrected chi connectivity index (χ3v) is 2.29. The molecule has 0 saturated carbocycles. The minimum Gasteiger partial charge on any atom is -0.395 e. The fraction of sp³-hybridized carbons (Fsp3) is 1.00. The number of phosphoric acid groups is 1. The summed E-state index contributed by atoms with van der Waals surface area (Å²) in [4.78, 5) is 16.6. The Balaban J connectivity index is 4.17. The highest BCUT2D eigenvalue weighted by Gasteiger charge is 2.30. The monoisotopic (exact) mass is 261 g/mol. The summed E-state index contributed by atoms with van der Waals surface area (Å²) in [5, 5.41) is 36.2. The molecule has 0 rings (SSSR count). The number of phosphoric ester groups is 1. The molecule has 0 aromatic carbocycles. The molecule has 0 aliphatic rings. The van der Waals surface area contributed by atoms with Gasteiger partial charge in [0.15, 0.2) is 0 Å². The van der Waals surface area contributed by atoms with Crippen LogP contribution in [0.2, 0.25) is 0 Å². The first-order valence-corrected chi connectivity index (χ1v) is 5.82. The van der Waals surface area contributed by atoms with E-state index in [0.717, 1.165) is 0 Å². The van der Waals surface area contributed by atoms with Crippen molar-refractivity contribution in [3.05, 3.63) is 0 Å². The zero-order valence-corrected chi connectivity index (χ0v) is 9.14. The summed E-state index contributed by atoms with van der Waals surface area (Å²) in [6, 6.07) is -1.18. The first kappa shape index (κ1) is 15.9. The molecule has 1 unspecified atom stereocenters. The van der Waals surface area contributed by atoms with Crippen LogP contribution in [0.1, 0.15) is 0 Å². The smallest absolute Gasteiger partial charge is 0.395 e. The van der Waals surface area contributed by atoms with Gasteiger partial charge in [0.1, 0.15) is 12.2 Å². The SMILES string of the molecule is NC(CO)[C@@H](O)[C@H](O)[C@H](O)COP(=O)(O)O. The lowest BCUT2D eigenvalue weighted by molar-refractivity contribution is -0.0863. The first-order valence-electron chi connectivity index (χ1n) is 4.29. The van der Waals surface area contributed by atoms with Gasteiger partial charge in [0.2, 0.25) is 0 Å². The van der Waals surface area contributed by atoms with Crippen LogP contribution in [-0.2, 0) is 9.09 Å². The molecule has 0 aromatic heterocycles. The van der Waals surface area contributed by atoms with Gasteiger partial charge < -0.3 is 35.9 Å². The zero-order chi connectivity index (χ0) is 12.9. The summed E-state index contributed by atoms with van der Waals surface area (Å²) in [5.41, 5.74) is 5.17. The highest BCUT2D eigenvalue weighted by Crippen LogP contribution is 2.35. The van der Waals surface area contributed by atoms with Crippen molar-refractivity contribution in [3.63, 3.8) is 0 Å². The van der Waals surface area contributed by atoms with Crippen molar-refractivity contribution in [1.82, 2.24) is 0 Å². The predicted octanol–water partition coefficient (Wildman–Crippen LogP) is -3.50.